The van der Waals surface area contributed by atoms with Crippen LogP contribution in [0, 0.1) is 11.8 Å². The first-order valence-corrected chi connectivity index (χ1v) is 8.46. The summed E-state index contributed by atoms with van der Waals surface area (Å²) in [6.07, 6.45) is 2.28. The van der Waals surface area contributed by atoms with Gasteiger partial charge in [-0.2, -0.15) is 5.10 Å². The fourth-order valence-corrected chi connectivity index (χ4v) is 3.32. The Labute approximate surface area is 142 Å². The summed E-state index contributed by atoms with van der Waals surface area (Å²) in [6.45, 7) is 5.33. The number of carbonyl (C=O) groups excluding carboxylic acids is 1. The van der Waals surface area contributed by atoms with Crippen LogP contribution >= 0.6 is 0 Å². The van der Waals surface area contributed by atoms with Crippen LogP contribution in [0.3, 0.4) is 0 Å². The molecule has 3 rings (SSSR count). The standard InChI is InChI=1S/C18H24N4O2/c1-12(2)16-14(8-9-24-16)18(23)19-10-15(17-20-11-21-22-17)13-6-4-3-5-7-13/h3-7,11-12,14-16H,8-10H2,1-2H3,(H,19,23)(H,20,21,22)/t14-,15+,16-/m0/s1. The van der Waals surface area contributed by atoms with E-state index < -0.39 is 0 Å². The first kappa shape index (κ1) is 16.6. The van der Waals surface area contributed by atoms with Gasteiger partial charge in [0.2, 0.25) is 5.91 Å². The van der Waals surface area contributed by atoms with E-state index in [0.717, 1.165) is 17.8 Å². The molecule has 1 saturated heterocycles. The number of hydrogen-bond donors (Lipinski definition) is 2. The molecule has 1 aliphatic rings. The van der Waals surface area contributed by atoms with Crippen molar-refractivity contribution in [3.8, 4) is 0 Å². The molecule has 0 unspecified atom stereocenters. The molecule has 1 fully saturated rings. The molecule has 0 aliphatic carbocycles. The Kier molecular flexibility index (Phi) is 5.25. The lowest BCUT2D eigenvalue weighted by atomic mass is 9.91. The predicted molar refractivity (Wildman–Crippen MR) is 90.4 cm³/mol. The molecule has 2 aromatic rings. The van der Waals surface area contributed by atoms with Crippen molar-refractivity contribution in [2.24, 2.45) is 11.8 Å². The van der Waals surface area contributed by atoms with Gasteiger partial charge in [-0.05, 0) is 17.9 Å². The highest BCUT2D eigenvalue weighted by atomic mass is 16.5. The number of ether oxygens (including phenoxy) is 1. The number of aromatic amines is 1. The van der Waals surface area contributed by atoms with E-state index >= 15 is 0 Å². The number of aromatic nitrogens is 3. The molecule has 0 saturated carbocycles. The van der Waals surface area contributed by atoms with Crippen LogP contribution in [0.25, 0.3) is 0 Å². The van der Waals surface area contributed by atoms with Crippen molar-refractivity contribution < 1.29 is 9.53 Å². The van der Waals surface area contributed by atoms with Gasteiger partial charge in [0.15, 0.2) is 0 Å². The third-order valence-electron chi connectivity index (χ3n) is 4.58. The van der Waals surface area contributed by atoms with Crippen LogP contribution in [0.15, 0.2) is 36.7 Å². The fraction of sp³-hybridized carbons (Fsp3) is 0.500. The van der Waals surface area contributed by atoms with E-state index in [1.165, 1.54) is 6.33 Å². The van der Waals surface area contributed by atoms with E-state index in [0.29, 0.717) is 19.1 Å². The van der Waals surface area contributed by atoms with Gasteiger partial charge < -0.3 is 10.1 Å². The molecule has 1 aromatic carbocycles. The van der Waals surface area contributed by atoms with Crippen molar-refractivity contribution in [2.75, 3.05) is 13.2 Å². The van der Waals surface area contributed by atoms with E-state index in [2.05, 4.69) is 34.3 Å². The molecule has 6 nitrogen and oxygen atoms in total. The zero-order valence-corrected chi connectivity index (χ0v) is 14.1. The molecule has 6 heteroatoms. The largest absolute Gasteiger partial charge is 0.377 e. The lowest BCUT2D eigenvalue weighted by Crippen LogP contribution is -2.39. The van der Waals surface area contributed by atoms with E-state index in [-0.39, 0.29) is 23.8 Å². The molecule has 1 aromatic heterocycles. The maximum atomic E-state index is 12.6. The highest BCUT2D eigenvalue weighted by Gasteiger charge is 2.36. The molecule has 2 heterocycles. The third-order valence-corrected chi connectivity index (χ3v) is 4.58. The van der Waals surface area contributed by atoms with Gasteiger partial charge in [0, 0.05) is 13.2 Å². The van der Waals surface area contributed by atoms with Gasteiger partial charge in [0.25, 0.3) is 0 Å². The van der Waals surface area contributed by atoms with Crippen LogP contribution in [0.2, 0.25) is 0 Å². The molecule has 1 aliphatic heterocycles. The Morgan fingerprint density at radius 1 is 1.38 bits per heavy atom. The summed E-state index contributed by atoms with van der Waals surface area (Å²) in [6, 6.07) is 10.0. The zero-order valence-electron chi connectivity index (χ0n) is 14.1. The van der Waals surface area contributed by atoms with Crippen molar-refractivity contribution >= 4 is 5.91 Å². The number of H-pyrrole nitrogens is 1. The quantitative estimate of drug-likeness (QED) is 0.851. The minimum absolute atomic E-state index is 0.00505. The number of nitrogens with one attached hydrogen (secondary N) is 2. The smallest absolute Gasteiger partial charge is 0.225 e. The van der Waals surface area contributed by atoms with Crippen LogP contribution in [-0.2, 0) is 9.53 Å². The average molecular weight is 328 g/mol. The van der Waals surface area contributed by atoms with Gasteiger partial charge >= 0.3 is 0 Å². The number of carbonyl (C=O) groups is 1. The number of nitrogens with zero attached hydrogens (tertiary/aromatic N) is 2. The van der Waals surface area contributed by atoms with Crippen LogP contribution in [0.4, 0.5) is 0 Å². The summed E-state index contributed by atoms with van der Waals surface area (Å²) in [5.74, 6) is 1.03. The maximum absolute atomic E-state index is 12.6. The van der Waals surface area contributed by atoms with Crippen LogP contribution in [0.1, 0.15) is 37.6 Å². The molecule has 3 atom stereocenters. The first-order chi connectivity index (χ1) is 11.7. The van der Waals surface area contributed by atoms with E-state index in [9.17, 15) is 4.79 Å². The van der Waals surface area contributed by atoms with Gasteiger partial charge in [0.1, 0.15) is 12.2 Å². The highest BCUT2D eigenvalue weighted by Crippen LogP contribution is 2.27. The second-order valence-electron chi connectivity index (χ2n) is 6.55. The monoisotopic (exact) mass is 328 g/mol. The molecule has 24 heavy (non-hydrogen) atoms. The highest BCUT2D eigenvalue weighted by molar-refractivity contribution is 5.79. The normalized spacial score (nSPS) is 21.8. The summed E-state index contributed by atoms with van der Waals surface area (Å²) >= 11 is 0. The van der Waals surface area contributed by atoms with Crippen molar-refractivity contribution in [1.29, 1.82) is 0 Å². The van der Waals surface area contributed by atoms with Crippen molar-refractivity contribution in [2.45, 2.75) is 32.3 Å². The molecule has 0 radical (unpaired) electrons. The van der Waals surface area contributed by atoms with E-state index in [4.69, 9.17) is 4.74 Å². The SMILES string of the molecule is CC(C)[C@@H]1OCC[C@@H]1C(=O)NC[C@H](c1ccccc1)c1ncn[nH]1. The minimum atomic E-state index is -0.0730. The Morgan fingerprint density at radius 2 is 2.17 bits per heavy atom. The number of hydrogen-bond acceptors (Lipinski definition) is 4. The van der Waals surface area contributed by atoms with Crippen LogP contribution in [-0.4, -0.2) is 40.3 Å². The topological polar surface area (TPSA) is 79.9 Å². The lowest BCUT2D eigenvalue weighted by molar-refractivity contribution is -0.127. The van der Waals surface area contributed by atoms with E-state index in [1.807, 2.05) is 30.3 Å². The van der Waals surface area contributed by atoms with Gasteiger partial charge in [-0.25, -0.2) is 4.98 Å². The molecule has 2 N–H and O–H groups in total. The van der Waals surface area contributed by atoms with Gasteiger partial charge in [-0.1, -0.05) is 44.2 Å². The average Bonchev–Trinajstić information content (AvgIpc) is 3.27. The molecular formula is C18H24N4O2. The summed E-state index contributed by atoms with van der Waals surface area (Å²) < 4.78 is 5.72. The summed E-state index contributed by atoms with van der Waals surface area (Å²) in [4.78, 5) is 16.9. The molecule has 1 amide bonds. The second kappa shape index (κ2) is 7.57. The second-order valence-corrected chi connectivity index (χ2v) is 6.55. The molecule has 0 bridgehead atoms. The molecule has 0 spiro atoms. The number of rotatable bonds is 6. The summed E-state index contributed by atoms with van der Waals surface area (Å²) in [7, 11) is 0. The van der Waals surface area contributed by atoms with Crippen molar-refractivity contribution in [1.82, 2.24) is 20.5 Å². The fourth-order valence-electron chi connectivity index (χ4n) is 3.32. The number of amides is 1. The van der Waals surface area contributed by atoms with E-state index in [1.54, 1.807) is 0 Å². The Balaban J connectivity index is 1.69. The Morgan fingerprint density at radius 3 is 2.83 bits per heavy atom. The zero-order chi connectivity index (χ0) is 16.9. The van der Waals surface area contributed by atoms with Crippen molar-refractivity contribution in [3.05, 3.63) is 48.0 Å². The van der Waals surface area contributed by atoms with Crippen LogP contribution < -0.4 is 5.32 Å². The van der Waals surface area contributed by atoms with Gasteiger partial charge in [-0.3, -0.25) is 9.89 Å². The summed E-state index contributed by atoms with van der Waals surface area (Å²) in [5.41, 5.74) is 1.10. The molecular weight excluding hydrogens is 304 g/mol. The predicted octanol–water partition coefficient (Wildman–Crippen LogP) is 2.11. The van der Waals surface area contributed by atoms with Crippen LogP contribution in [0.5, 0.6) is 0 Å². The maximum Gasteiger partial charge on any atom is 0.225 e. The minimum Gasteiger partial charge on any atom is -0.377 e. The Hall–Kier alpha value is -2.21. The van der Waals surface area contributed by atoms with Gasteiger partial charge in [-0.15, -0.1) is 0 Å². The third kappa shape index (κ3) is 3.64. The van der Waals surface area contributed by atoms with Crippen molar-refractivity contribution in [3.63, 3.8) is 0 Å². The Bertz CT molecular complexity index is 642. The first-order valence-electron chi connectivity index (χ1n) is 8.46. The summed E-state index contributed by atoms with van der Waals surface area (Å²) in [5, 5.41) is 9.95. The molecule has 128 valence electrons. The number of benzene rings is 1. The van der Waals surface area contributed by atoms with Gasteiger partial charge in [0.05, 0.1) is 17.9 Å². The lowest BCUT2D eigenvalue weighted by Gasteiger charge is -2.22.